The molecule has 11 heteroatoms. The Kier molecular flexibility index (Phi) is 5.18. The summed E-state index contributed by atoms with van der Waals surface area (Å²) in [6.45, 7) is 0.445. The van der Waals surface area contributed by atoms with Crippen LogP contribution in [-0.2, 0) is 11.3 Å². The molecule has 1 aliphatic rings. The third-order valence-electron chi connectivity index (χ3n) is 3.98. The number of halogens is 2. The highest BCUT2D eigenvalue weighted by atomic mass is 35.5. The molecular formula is C18H10Cl2N4O4S. The fourth-order valence-corrected chi connectivity index (χ4v) is 3.52. The molecule has 0 saturated heterocycles. The minimum Gasteiger partial charge on any atom is -0.386 e. The van der Waals surface area contributed by atoms with Gasteiger partial charge in [0, 0.05) is 12.1 Å². The third-order valence-corrected chi connectivity index (χ3v) is 5.52. The number of ether oxygens (including phenoxy) is 1. The Hall–Kier alpha value is -3.01. The lowest BCUT2D eigenvalue weighted by atomic mass is 10.1. The summed E-state index contributed by atoms with van der Waals surface area (Å²) in [6, 6.07) is 9.38. The Balaban J connectivity index is 1.40. The molecule has 146 valence electrons. The van der Waals surface area contributed by atoms with E-state index in [0.29, 0.717) is 21.7 Å². The molecule has 2 heterocycles. The predicted molar refractivity (Wildman–Crippen MR) is 108 cm³/mol. The van der Waals surface area contributed by atoms with E-state index in [9.17, 15) is 14.4 Å². The molecule has 3 aromatic rings. The number of carbonyl (C=O) groups excluding carboxylic acids is 3. The van der Waals surface area contributed by atoms with Gasteiger partial charge in [-0.3, -0.25) is 10.1 Å². The molecule has 0 aliphatic carbocycles. The fourth-order valence-electron chi connectivity index (χ4n) is 2.57. The summed E-state index contributed by atoms with van der Waals surface area (Å²) in [5.74, 6) is -1.99. The van der Waals surface area contributed by atoms with E-state index in [1.54, 1.807) is 12.1 Å². The van der Waals surface area contributed by atoms with Crippen LogP contribution in [0.5, 0.6) is 0 Å². The minimum absolute atomic E-state index is 0.0592. The van der Waals surface area contributed by atoms with Crippen molar-refractivity contribution in [3.63, 3.8) is 0 Å². The van der Waals surface area contributed by atoms with Gasteiger partial charge < -0.3 is 10.1 Å². The smallest absolute Gasteiger partial charge is 0.346 e. The van der Waals surface area contributed by atoms with Gasteiger partial charge >= 0.3 is 11.9 Å². The van der Waals surface area contributed by atoms with Gasteiger partial charge in [0.1, 0.15) is 0 Å². The molecular weight excluding hydrogens is 439 g/mol. The molecule has 0 saturated carbocycles. The van der Waals surface area contributed by atoms with Crippen LogP contribution in [-0.4, -0.2) is 28.0 Å². The first-order valence-electron chi connectivity index (χ1n) is 8.14. The van der Waals surface area contributed by atoms with Gasteiger partial charge in [0.25, 0.3) is 5.91 Å². The molecule has 0 bridgehead atoms. The number of nitrogens with zero attached hydrogens (tertiary/aromatic N) is 2. The number of aromatic nitrogens is 2. The molecule has 4 rings (SSSR count). The first-order chi connectivity index (χ1) is 13.9. The van der Waals surface area contributed by atoms with Gasteiger partial charge in [0.2, 0.25) is 10.3 Å². The van der Waals surface area contributed by atoms with E-state index in [4.69, 9.17) is 23.2 Å². The van der Waals surface area contributed by atoms with Crippen LogP contribution in [0.2, 0.25) is 10.0 Å². The fraction of sp³-hybridized carbons (Fsp3) is 0.0556. The van der Waals surface area contributed by atoms with E-state index < -0.39 is 17.8 Å². The molecule has 1 aromatic heterocycles. The number of anilines is 2. The number of fused-ring (bicyclic) bond motifs is 1. The number of nitrogens with one attached hydrogen (secondary N) is 2. The summed E-state index contributed by atoms with van der Waals surface area (Å²) in [6.07, 6.45) is 0. The van der Waals surface area contributed by atoms with E-state index in [2.05, 4.69) is 25.6 Å². The Labute approximate surface area is 177 Å². The maximum atomic E-state index is 12.4. The number of hydrogen-bond donors (Lipinski definition) is 2. The van der Waals surface area contributed by atoms with Crippen molar-refractivity contribution < 1.29 is 19.1 Å². The Morgan fingerprint density at radius 3 is 2.52 bits per heavy atom. The van der Waals surface area contributed by atoms with Crippen molar-refractivity contribution >= 4 is 62.6 Å². The Morgan fingerprint density at radius 2 is 1.72 bits per heavy atom. The zero-order chi connectivity index (χ0) is 20.5. The molecule has 0 fully saturated rings. The van der Waals surface area contributed by atoms with Crippen LogP contribution < -0.4 is 10.6 Å². The molecule has 2 aromatic carbocycles. The number of rotatable bonds is 5. The molecule has 0 unspecified atom stereocenters. The van der Waals surface area contributed by atoms with E-state index in [-0.39, 0.29) is 21.8 Å². The number of carbonyl (C=O) groups is 3. The molecule has 0 radical (unpaired) electrons. The van der Waals surface area contributed by atoms with Crippen molar-refractivity contribution in [2.24, 2.45) is 0 Å². The lowest BCUT2D eigenvalue weighted by Gasteiger charge is -2.04. The monoisotopic (exact) mass is 448 g/mol. The summed E-state index contributed by atoms with van der Waals surface area (Å²) < 4.78 is 4.51. The molecule has 0 atom stereocenters. The maximum absolute atomic E-state index is 12.4. The van der Waals surface area contributed by atoms with Gasteiger partial charge in [0.05, 0.1) is 21.2 Å². The van der Waals surface area contributed by atoms with Crippen LogP contribution in [0.15, 0.2) is 36.4 Å². The van der Waals surface area contributed by atoms with Crippen molar-refractivity contribution in [2.75, 3.05) is 10.6 Å². The van der Waals surface area contributed by atoms with E-state index in [1.165, 1.54) is 18.2 Å². The van der Waals surface area contributed by atoms with Crippen LogP contribution in [0, 0.1) is 0 Å². The summed E-state index contributed by atoms with van der Waals surface area (Å²) in [5, 5.41) is 15.2. The number of hydrogen-bond acceptors (Lipinski definition) is 8. The van der Waals surface area contributed by atoms with E-state index >= 15 is 0 Å². The second kappa shape index (κ2) is 7.78. The third kappa shape index (κ3) is 4.07. The van der Waals surface area contributed by atoms with Gasteiger partial charge in [-0.1, -0.05) is 40.6 Å². The number of esters is 2. The van der Waals surface area contributed by atoms with E-state index in [1.807, 2.05) is 6.07 Å². The summed E-state index contributed by atoms with van der Waals surface area (Å²) in [5.41, 5.74) is 1.29. The number of benzene rings is 2. The zero-order valence-corrected chi connectivity index (χ0v) is 16.7. The van der Waals surface area contributed by atoms with Crippen molar-refractivity contribution in [3.8, 4) is 0 Å². The normalized spacial score (nSPS) is 12.5. The predicted octanol–water partition coefficient (Wildman–Crippen LogP) is 4.02. The number of cyclic esters (lactones) is 2. The van der Waals surface area contributed by atoms with Crippen molar-refractivity contribution in [2.45, 2.75) is 6.54 Å². The van der Waals surface area contributed by atoms with Gasteiger partial charge in [-0.05, 0) is 35.9 Å². The SMILES string of the molecule is O=C(Nc1nnc(NCc2ccc(Cl)c(Cl)c2)s1)c1ccc2c(c1)C(=O)OC2=O. The van der Waals surface area contributed by atoms with Crippen LogP contribution in [0.1, 0.15) is 36.6 Å². The Morgan fingerprint density at radius 1 is 0.966 bits per heavy atom. The molecule has 29 heavy (non-hydrogen) atoms. The molecule has 8 nitrogen and oxygen atoms in total. The van der Waals surface area contributed by atoms with Gasteiger partial charge in [-0.15, -0.1) is 10.2 Å². The average molecular weight is 449 g/mol. The van der Waals surface area contributed by atoms with Crippen molar-refractivity contribution in [3.05, 3.63) is 68.7 Å². The van der Waals surface area contributed by atoms with Crippen molar-refractivity contribution in [1.82, 2.24) is 10.2 Å². The van der Waals surface area contributed by atoms with Gasteiger partial charge in [-0.25, -0.2) is 9.59 Å². The van der Waals surface area contributed by atoms with Gasteiger partial charge in [0.15, 0.2) is 0 Å². The zero-order valence-electron chi connectivity index (χ0n) is 14.4. The van der Waals surface area contributed by atoms with Crippen LogP contribution >= 0.6 is 34.5 Å². The molecule has 0 spiro atoms. The molecule has 1 amide bonds. The molecule has 2 N–H and O–H groups in total. The molecule has 1 aliphatic heterocycles. The second-order valence-corrected chi connectivity index (χ2v) is 7.70. The topological polar surface area (TPSA) is 110 Å². The summed E-state index contributed by atoms with van der Waals surface area (Å²) >= 11 is 13.0. The largest absolute Gasteiger partial charge is 0.386 e. The van der Waals surface area contributed by atoms with Crippen LogP contribution in [0.3, 0.4) is 0 Å². The van der Waals surface area contributed by atoms with Gasteiger partial charge in [-0.2, -0.15) is 0 Å². The van der Waals surface area contributed by atoms with E-state index in [0.717, 1.165) is 16.9 Å². The maximum Gasteiger partial charge on any atom is 0.346 e. The first-order valence-corrected chi connectivity index (χ1v) is 9.71. The van der Waals surface area contributed by atoms with Crippen LogP contribution in [0.25, 0.3) is 0 Å². The highest BCUT2D eigenvalue weighted by Crippen LogP contribution is 2.25. The Bertz CT molecular complexity index is 1160. The standard InChI is InChI=1S/C18H10Cl2N4O4S/c19-12-4-1-8(5-13(12)20)7-21-17-23-24-18(29-17)22-14(25)9-2-3-10-11(6-9)16(27)28-15(10)26/h1-6H,7H2,(H,21,23)(H,22,24,25). The summed E-state index contributed by atoms with van der Waals surface area (Å²) in [7, 11) is 0. The lowest BCUT2D eigenvalue weighted by molar-refractivity contribution is 0.0443. The quantitative estimate of drug-likeness (QED) is 0.447. The lowest BCUT2D eigenvalue weighted by Crippen LogP contribution is -2.12. The highest BCUT2D eigenvalue weighted by Gasteiger charge is 2.30. The first kappa shape index (κ1) is 19.3. The van der Waals surface area contributed by atoms with Crippen LogP contribution in [0.4, 0.5) is 10.3 Å². The summed E-state index contributed by atoms with van der Waals surface area (Å²) in [4.78, 5) is 35.5. The minimum atomic E-state index is -0.774. The highest BCUT2D eigenvalue weighted by molar-refractivity contribution is 7.19. The second-order valence-electron chi connectivity index (χ2n) is 5.91. The van der Waals surface area contributed by atoms with Crippen molar-refractivity contribution in [1.29, 1.82) is 0 Å². The number of amides is 1. The average Bonchev–Trinajstić information content (AvgIpc) is 3.26.